The first-order chi connectivity index (χ1) is 11.2. The molecule has 1 aliphatic heterocycles. The highest BCUT2D eigenvalue weighted by Gasteiger charge is 2.26. The minimum atomic E-state index is -3.45. The first-order valence-corrected chi connectivity index (χ1v) is 9.88. The standard InChI is InChI=1S/C16H25N3O3S/c20-23(21,19-9-11-22-12-10-19)15-5-6-16(18-13-15)17-8-7-14-3-1-2-4-14/h5-6,13-14H,1-4,7-12H2,(H,17,18). The minimum absolute atomic E-state index is 0.251. The Bertz CT molecular complexity index is 592. The fourth-order valence-corrected chi connectivity index (χ4v) is 4.63. The van der Waals surface area contributed by atoms with Crippen LogP contribution in [0.4, 0.5) is 5.82 Å². The predicted octanol–water partition coefficient (Wildman–Crippen LogP) is 2.09. The molecule has 128 valence electrons. The lowest BCUT2D eigenvalue weighted by Crippen LogP contribution is -2.40. The maximum atomic E-state index is 12.5. The van der Waals surface area contributed by atoms with Crippen LogP contribution in [0, 0.1) is 5.92 Å². The second-order valence-corrected chi connectivity index (χ2v) is 8.20. The van der Waals surface area contributed by atoms with Crippen LogP contribution in [0.1, 0.15) is 32.1 Å². The van der Waals surface area contributed by atoms with Gasteiger partial charge in [0.2, 0.25) is 10.0 Å². The minimum Gasteiger partial charge on any atom is -0.379 e. The first-order valence-electron chi connectivity index (χ1n) is 8.44. The second kappa shape index (κ2) is 7.59. The monoisotopic (exact) mass is 339 g/mol. The zero-order valence-corrected chi connectivity index (χ0v) is 14.2. The lowest BCUT2D eigenvalue weighted by Gasteiger charge is -2.25. The van der Waals surface area contributed by atoms with Crippen molar-refractivity contribution in [3.05, 3.63) is 18.3 Å². The van der Waals surface area contributed by atoms with Crippen LogP contribution in [-0.2, 0) is 14.8 Å². The number of aromatic nitrogens is 1. The quantitative estimate of drug-likeness (QED) is 0.859. The number of sulfonamides is 1. The Hall–Kier alpha value is -1.18. The van der Waals surface area contributed by atoms with Crippen molar-refractivity contribution >= 4 is 15.8 Å². The van der Waals surface area contributed by atoms with Crippen molar-refractivity contribution in [1.29, 1.82) is 0 Å². The summed E-state index contributed by atoms with van der Waals surface area (Å²) in [5, 5.41) is 3.29. The van der Waals surface area contributed by atoms with Crippen LogP contribution in [0.25, 0.3) is 0 Å². The molecule has 1 aromatic rings. The van der Waals surface area contributed by atoms with Gasteiger partial charge in [0.05, 0.1) is 13.2 Å². The van der Waals surface area contributed by atoms with Gasteiger partial charge >= 0.3 is 0 Å². The van der Waals surface area contributed by atoms with Crippen LogP contribution < -0.4 is 5.32 Å². The molecule has 2 fully saturated rings. The SMILES string of the molecule is O=S(=O)(c1ccc(NCCC2CCCC2)nc1)N1CCOCC1. The van der Waals surface area contributed by atoms with Crippen LogP contribution >= 0.6 is 0 Å². The first kappa shape index (κ1) is 16.7. The predicted molar refractivity (Wildman–Crippen MR) is 88.9 cm³/mol. The summed E-state index contributed by atoms with van der Waals surface area (Å²) in [5.41, 5.74) is 0. The molecule has 0 aromatic carbocycles. The van der Waals surface area contributed by atoms with E-state index in [1.165, 1.54) is 36.2 Å². The van der Waals surface area contributed by atoms with Gasteiger partial charge in [0.15, 0.2) is 0 Å². The van der Waals surface area contributed by atoms with Gasteiger partial charge in [0.1, 0.15) is 10.7 Å². The normalized spacial score (nSPS) is 20.7. The number of morpholine rings is 1. The molecule has 1 saturated carbocycles. The van der Waals surface area contributed by atoms with E-state index in [2.05, 4.69) is 10.3 Å². The number of hydrogen-bond donors (Lipinski definition) is 1. The lowest BCUT2D eigenvalue weighted by molar-refractivity contribution is 0.0730. The van der Waals surface area contributed by atoms with Gasteiger partial charge in [0.25, 0.3) is 0 Å². The zero-order chi connectivity index (χ0) is 16.1. The number of nitrogens with zero attached hydrogens (tertiary/aromatic N) is 2. The maximum absolute atomic E-state index is 12.5. The van der Waals surface area contributed by atoms with E-state index in [0.29, 0.717) is 26.3 Å². The summed E-state index contributed by atoms with van der Waals surface area (Å²) < 4.78 is 31.7. The molecule has 2 heterocycles. The number of ether oxygens (including phenoxy) is 1. The Labute approximate surface area is 138 Å². The molecule has 1 aromatic heterocycles. The fraction of sp³-hybridized carbons (Fsp3) is 0.688. The summed E-state index contributed by atoms with van der Waals surface area (Å²) in [6.07, 6.45) is 8.00. The van der Waals surface area contributed by atoms with Gasteiger partial charge in [-0.1, -0.05) is 25.7 Å². The van der Waals surface area contributed by atoms with Crippen molar-refractivity contribution in [3.8, 4) is 0 Å². The van der Waals surface area contributed by atoms with Gasteiger partial charge in [-0.3, -0.25) is 0 Å². The Balaban J connectivity index is 1.55. The van der Waals surface area contributed by atoms with Crippen LogP contribution in [0.5, 0.6) is 0 Å². The third-order valence-corrected chi connectivity index (χ3v) is 6.56. The third kappa shape index (κ3) is 4.22. The fourth-order valence-electron chi connectivity index (χ4n) is 3.28. The van der Waals surface area contributed by atoms with Crippen LogP contribution in [0.3, 0.4) is 0 Å². The maximum Gasteiger partial charge on any atom is 0.244 e. The summed E-state index contributed by atoms with van der Waals surface area (Å²) in [6, 6.07) is 3.39. The molecular formula is C16H25N3O3S. The van der Waals surface area contributed by atoms with Gasteiger partial charge in [-0.2, -0.15) is 4.31 Å². The van der Waals surface area contributed by atoms with E-state index in [1.807, 2.05) is 0 Å². The van der Waals surface area contributed by atoms with Gasteiger partial charge in [-0.05, 0) is 24.5 Å². The van der Waals surface area contributed by atoms with Gasteiger partial charge in [-0.15, -0.1) is 0 Å². The summed E-state index contributed by atoms with van der Waals surface area (Å²) in [5.74, 6) is 1.58. The summed E-state index contributed by atoms with van der Waals surface area (Å²) in [6.45, 7) is 2.61. The van der Waals surface area contributed by atoms with E-state index in [4.69, 9.17) is 4.74 Å². The molecule has 0 unspecified atom stereocenters. The molecule has 3 rings (SSSR count). The smallest absolute Gasteiger partial charge is 0.244 e. The number of nitrogens with one attached hydrogen (secondary N) is 1. The second-order valence-electron chi connectivity index (χ2n) is 6.26. The molecule has 7 heteroatoms. The molecule has 0 amide bonds. The molecule has 0 spiro atoms. The van der Waals surface area contributed by atoms with Crippen LogP contribution in [0.2, 0.25) is 0 Å². The average Bonchev–Trinajstić information content (AvgIpc) is 3.10. The van der Waals surface area contributed by atoms with Gasteiger partial charge < -0.3 is 10.1 Å². The van der Waals surface area contributed by atoms with E-state index in [9.17, 15) is 8.42 Å². The molecule has 6 nitrogen and oxygen atoms in total. The zero-order valence-electron chi connectivity index (χ0n) is 13.4. The Kier molecular flexibility index (Phi) is 5.50. The van der Waals surface area contributed by atoms with Crippen LogP contribution in [-0.4, -0.2) is 50.6 Å². The van der Waals surface area contributed by atoms with Crippen molar-refractivity contribution in [2.45, 2.75) is 37.0 Å². The number of pyridine rings is 1. The molecule has 2 aliphatic rings. The molecule has 0 bridgehead atoms. The molecule has 1 saturated heterocycles. The number of anilines is 1. The number of hydrogen-bond acceptors (Lipinski definition) is 5. The molecule has 1 N–H and O–H groups in total. The van der Waals surface area contributed by atoms with Crippen molar-refractivity contribution < 1.29 is 13.2 Å². The van der Waals surface area contributed by atoms with Crippen molar-refractivity contribution in [1.82, 2.24) is 9.29 Å². The molecular weight excluding hydrogens is 314 g/mol. The van der Waals surface area contributed by atoms with Crippen molar-refractivity contribution in [2.75, 3.05) is 38.2 Å². The summed E-state index contributed by atoms with van der Waals surface area (Å²) >= 11 is 0. The lowest BCUT2D eigenvalue weighted by atomic mass is 10.0. The van der Waals surface area contributed by atoms with Gasteiger partial charge in [-0.25, -0.2) is 13.4 Å². The van der Waals surface area contributed by atoms with Crippen LogP contribution in [0.15, 0.2) is 23.2 Å². The molecule has 23 heavy (non-hydrogen) atoms. The van der Waals surface area contributed by atoms with Crippen molar-refractivity contribution in [3.63, 3.8) is 0 Å². The Morgan fingerprint density at radius 2 is 1.96 bits per heavy atom. The molecule has 0 radical (unpaired) electrons. The van der Waals surface area contributed by atoms with E-state index in [1.54, 1.807) is 12.1 Å². The highest BCUT2D eigenvalue weighted by atomic mass is 32.2. The average molecular weight is 339 g/mol. The van der Waals surface area contributed by atoms with E-state index < -0.39 is 10.0 Å². The summed E-state index contributed by atoms with van der Waals surface area (Å²) in [4.78, 5) is 4.51. The molecule has 0 atom stereocenters. The van der Waals surface area contributed by atoms with E-state index in [-0.39, 0.29) is 4.90 Å². The highest BCUT2D eigenvalue weighted by molar-refractivity contribution is 7.89. The van der Waals surface area contributed by atoms with Gasteiger partial charge in [0, 0.05) is 25.8 Å². The van der Waals surface area contributed by atoms with Crippen molar-refractivity contribution in [2.24, 2.45) is 5.92 Å². The van der Waals surface area contributed by atoms with E-state index in [0.717, 1.165) is 24.7 Å². The Morgan fingerprint density at radius 3 is 2.61 bits per heavy atom. The largest absolute Gasteiger partial charge is 0.379 e. The molecule has 1 aliphatic carbocycles. The topological polar surface area (TPSA) is 71.5 Å². The Morgan fingerprint density at radius 1 is 1.22 bits per heavy atom. The van der Waals surface area contributed by atoms with E-state index >= 15 is 0 Å². The summed E-state index contributed by atoms with van der Waals surface area (Å²) in [7, 11) is -3.45. The highest BCUT2D eigenvalue weighted by Crippen LogP contribution is 2.27. The number of rotatable bonds is 6. The third-order valence-electron chi connectivity index (χ3n) is 4.68.